The van der Waals surface area contributed by atoms with E-state index in [1.165, 1.54) is 0 Å². The lowest BCUT2D eigenvalue weighted by Crippen LogP contribution is -2.25. The van der Waals surface area contributed by atoms with E-state index in [0.717, 1.165) is 21.7 Å². The molecule has 0 saturated carbocycles. The Labute approximate surface area is 138 Å². The number of benzene rings is 2. The third-order valence-electron chi connectivity index (χ3n) is 3.74. The zero-order valence-corrected chi connectivity index (χ0v) is 13.6. The molecule has 4 nitrogen and oxygen atoms in total. The lowest BCUT2D eigenvalue weighted by atomic mass is 10.1. The second kappa shape index (κ2) is 6.50. The number of halogens is 1. The molecule has 1 saturated heterocycles. The number of carbonyl (C=O) groups excluding carboxylic acids is 1. The quantitative estimate of drug-likeness (QED) is 0.906. The van der Waals surface area contributed by atoms with Crippen LogP contribution in [0.2, 0.25) is 0 Å². The van der Waals surface area contributed by atoms with Crippen LogP contribution in [0.5, 0.6) is 11.5 Å². The van der Waals surface area contributed by atoms with Crippen molar-refractivity contribution in [2.45, 2.75) is 6.42 Å². The first kappa shape index (κ1) is 15.1. The summed E-state index contributed by atoms with van der Waals surface area (Å²) in [5, 5.41) is 0. The van der Waals surface area contributed by atoms with Gasteiger partial charge in [0.2, 0.25) is 5.91 Å². The smallest absolute Gasteiger partial charge is 0.227 e. The summed E-state index contributed by atoms with van der Waals surface area (Å²) in [5.74, 6) is 1.91. The Balaban J connectivity index is 1.70. The molecular formula is C17H17BrN2O2. The second-order valence-electron chi connectivity index (χ2n) is 5.36. The highest BCUT2D eigenvalue weighted by molar-refractivity contribution is 9.10. The van der Waals surface area contributed by atoms with Crippen molar-refractivity contribution in [3.05, 3.63) is 53.0 Å². The molecule has 0 aromatic heterocycles. The van der Waals surface area contributed by atoms with Crippen molar-refractivity contribution in [3.63, 3.8) is 0 Å². The van der Waals surface area contributed by atoms with Crippen molar-refractivity contribution >= 4 is 27.5 Å². The SMILES string of the molecule is NCC1CC(=O)N(c2ccc(Oc3ccc(Br)cc3)cc2)C1. The van der Waals surface area contributed by atoms with Crippen LogP contribution < -0.4 is 15.4 Å². The Morgan fingerprint density at radius 1 is 1.09 bits per heavy atom. The Morgan fingerprint density at radius 2 is 1.68 bits per heavy atom. The first-order valence-corrected chi connectivity index (χ1v) is 7.99. The van der Waals surface area contributed by atoms with Gasteiger partial charge in [0, 0.05) is 23.1 Å². The van der Waals surface area contributed by atoms with Gasteiger partial charge in [0.25, 0.3) is 0 Å². The number of nitrogens with zero attached hydrogens (tertiary/aromatic N) is 1. The summed E-state index contributed by atoms with van der Waals surface area (Å²) in [5.41, 5.74) is 6.55. The molecule has 5 heteroatoms. The topological polar surface area (TPSA) is 55.6 Å². The van der Waals surface area contributed by atoms with Gasteiger partial charge in [-0.2, -0.15) is 0 Å². The van der Waals surface area contributed by atoms with Crippen LogP contribution >= 0.6 is 15.9 Å². The van der Waals surface area contributed by atoms with E-state index in [9.17, 15) is 4.79 Å². The van der Waals surface area contributed by atoms with E-state index in [-0.39, 0.29) is 11.8 Å². The van der Waals surface area contributed by atoms with Crippen LogP contribution in [0.15, 0.2) is 53.0 Å². The Bertz CT molecular complexity index is 655. The monoisotopic (exact) mass is 360 g/mol. The fourth-order valence-corrected chi connectivity index (χ4v) is 2.79. The van der Waals surface area contributed by atoms with Crippen LogP contribution in [0.4, 0.5) is 5.69 Å². The molecule has 0 aliphatic carbocycles. The van der Waals surface area contributed by atoms with Gasteiger partial charge in [-0.3, -0.25) is 4.79 Å². The first-order chi connectivity index (χ1) is 10.7. The van der Waals surface area contributed by atoms with Gasteiger partial charge in [0.15, 0.2) is 0 Å². The fourth-order valence-electron chi connectivity index (χ4n) is 2.52. The molecule has 2 aromatic rings. The Hall–Kier alpha value is -1.85. The van der Waals surface area contributed by atoms with E-state index < -0.39 is 0 Å². The lowest BCUT2D eigenvalue weighted by Gasteiger charge is -2.17. The van der Waals surface area contributed by atoms with Crippen LogP contribution in [-0.2, 0) is 4.79 Å². The molecule has 2 N–H and O–H groups in total. The third kappa shape index (κ3) is 3.31. The number of amides is 1. The summed E-state index contributed by atoms with van der Waals surface area (Å²) < 4.78 is 6.79. The van der Waals surface area contributed by atoms with Crippen molar-refractivity contribution in [2.24, 2.45) is 11.7 Å². The molecule has 1 unspecified atom stereocenters. The van der Waals surface area contributed by atoms with Crippen molar-refractivity contribution in [1.29, 1.82) is 0 Å². The molecular weight excluding hydrogens is 344 g/mol. The van der Waals surface area contributed by atoms with Crippen molar-refractivity contribution < 1.29 is 9.53 Å². The second-order valence-corrected chi connectivity index (χ2v) is 6.28. The minimum atomic E-state index is 0.136. The zero-order valence-electron chi connectivity index (χ0n) is 12.0. The number of ether oxygens (including phenoxy) is 1. The standard InChI is InChI=1S/C17H17BrN2O2/c18-13-1-5-15(6-2-13)22-16-7-3-14(4-8-16)20-11-12(10-19)9-17(20)21/h1-8,12H,9-11,19H2. The largest absolute Gasteiger partial charge is 0.457 e. The summed E-state index contributed by atoms with van der Waals surface area (Å²) in [4.78, 5) is 13.8. The zero-order chi connectivity index (χ0) is 15.5. The maximum Gasteiger partial charge on any atom is 0.227 e. The Kier molecular flexibility index (Phi) is 4.45. The van der Waals surface area contributed by atoms with Gasteiger partial charge in [-0.25, -0.2) is 0 Å². The van der Waals surface area contributed by atoms with Crippen molar-refractivity contribution in [1.82, 2.24) is 0 Å². The molecule has 1 fully saturated rings. The minimum Gasteiger partial charge on any atom is -0.457 e. The highest BCUT2D eigenvalue weighted by Gasteiger charge is 2.29. The minimum absolute atomic E-state index is 0.136. The van der Waals surface area contributed by atoms with Gasteiger partial charge in [0.05, 0.1) is 0 Å². The van der Waals surface area contributed by atoms with E-state index in [4.69, 9.17) is 10.5 Å². The molecule has 1 aliphatic heterocycles. The summed E-state index contributed by atoms with van der Waals surface area (Å²) in [6, 6.07) is 15.2. The number of nitrogens with two attached hydrogens (primary N) is 1. The average molecular weight is 361 g/mol. The van der Waals surface area contributed by atoms with Gasteiger partial charge in [-0.1, -0.05) is 15.9 Å². The predicted octanol–water partition coefficient (Wildman–Crippen LogP) is 3.55. The summed E-state index contributed by atoms with van der Waals surface area (Å²) in [7, 11) is 0. The van der Waals surface area contributed by atoms with Crippen LogP contribution in [0, 0.1) is 5.92 Å². The molecule has 0 radical (unpaired) electrons. The van der Waals surface area contributed by atoms with Gasteiger partial charge in [0.1, 0.15) is 11.5 Å². The molecule has 3 rings (SSSR count). The molecule has 22 heavy (non-hydrogen) atoms. The normalized spacial score (nSPS) is 17.8. The lowest BCUT2D eigenvalue weighted by molar-refractivity contribution is -0.117. The van der Waals surface area contributed by atoms with Crippen molar-refractivity contribution in [3.8, 4) is 11.5 Å². The predicted molar refractivity (Wildman–Crippen MR) is 90.2 cm³/mol. The van der Waals surface area contributed by atoms with E-state index in [1.54, 1.807) is 4.90 Å². The average Bonchev–Trinajstić information content (AvgIpc) is 2.91. The third-order valence-corrected chi connectivity index (χ3v) is 4.26. The van der Waals surface area contributed by atoms with E-state index >= 15 is 0 Å². The van der Waals surface area contributed by atoms with Crippen molar-refractivity contribution in [2.75, 3.05) is 18.0 Å². The highest BCUT2D eigenvalue weighted by atomic mass is 79.9. The molecule has 1 atom stereocenters. The van der Waals surface area contributed by atoms with Gasteiger partial charge >= 0.3 is 0 Å². The fraction of sp³-hybridized carbons (Fsp3) is 0.235. The van der Waals surface area contributed by atoms with E-state index in [0.29, 0.717) is 19.5 Å². The Morgan fingerprint density at radius 3 is 2.23 bits per heavy atom. The molecule has 1 amide bonds. The molecule has 114 valence electrons. The van der Waals surface area contributed by atoms with E-state index in [2.05, 4.69) is 15.9 Å². The van der Waals surface area contributed by atoms with Gasteiger partial charge < -0.3 is 15.4 Å². The number of hydrogen-bond donors (Lipinski definition) is 1. The number of hydrogen-bond acceptors (Lipinski definition) is 3. The highest BCUT2D eigenvalue weighted by Crippen LogP contribution is 2.28. The van der Waals surface area contributed by atoms with Gasteiger partial charge in [-0.05, 0) is 61.0 Å². The van der Waals surface area contributed by atoms with Crippen LogP contribution in [-0.4, -0.2) is 19.0 Å². The number of anilines is 1. The molecule has 0 spiro atoms. The summed E-state index contributed by atoms with van der Waals surface area (Å²) in [6.45, 7) is 1.25. The molecule has 1 aliphatic rings. The van der Waals surface area contributed by atoms with Gasteiger partial charge in [-0.15, -0.1) is 0 Å². The number of carbonyl (C=O) groups is 1. The number of rotatable bonds is 4. The summed E-state index contributed by atoms with van der Waals surface area (Å²) >= 11 is 3.39. The first-order valence-electron chi connectivity index (χ1n) is 7.19. The van der Waals surface area contributed by atoms with Crippen LogP contribution in [0.1, 0.15) is 6.42 Å². The summed E-state index contributed by atoms with van der Waals surface area (Å²) in [6.07, 6.45) is 0.535. The maximum atomic E-state index is 12.0. The van der Waals surface area contributed by atoms with Crippen LogP contribution in [0.3, 0.4) is 0 Å². The van der Waals surface area contributed by atoms with E-state index in [1.807, 2.05) is 48.5 Å². The molecule has 2 aromatic carbocycles. The van der Waals surface area contributed by atoms with Crippen LogP contribution in [0.25, 0.3) is 0 Å². The molecule has 0 bridgehead atoms. The maximum absolute atomic E-state index is 12.0. The molecule has 1 heterocycles.